The molecule has 0 unspecified atom stereocenters. The fourth-order valence-electron chi connectivity index (χ4n) is 2.39. The summed E-state index contributed by atoms with van der Waals surface area (Å²) in [6.45, 7) is 17.8. The molecule has 1 aromatic rings. The van der Waals surface area contributed by atoms with E-state index in [9.17, 15) is 0 Å². The number of aromatic nitrogens is 1. The number of hydrogen-bond donors (Lipinski definition) is 1. The average Bonchev–Trinajstić information content (AvgIpc) is 2.60. The van der Waals surface area contributed by atoms with E-state index in [1.165, 1.54) is 16.8 Å². The zero-order chi connectivity index (χ0) is 19.8. The second-order valence-electron chi connectivity index (χ2n) is 6.55. The number of allylic oxidation sites excluding steroid dienone is 2. The highest BCUT2D eigenvalue weighted by Crippen LogP contribution is 2.18. The highest BCUT2D eigenvalue weighted by Gasteiger charge is 2.11. The number of nitrogens with zero attached hydrogens (tertiary/aromatic N) is 3. The molecule has 1 aromatic heterocycles. The van der Waals surface area contributed by atoms with Gasteiger partial charge in [0, 0.05) is 24.8 Å². The van der Waals surface area contributed by atoms with Crippen LogP contribution in [0.5, 0.6) is 0 Å². The summed E-state index contributed by atoms with van der Waals surface area (Å²) < 4.78 is 0. The highest BCUT2D eigenvalue weighted by molar-refractivity contribution is 6.25. The van der Waals surface area contributed by atoms with Gasteiger partial charge in [-0.25, -0.2) is 0 Å². The summed E-state index contributed by atoms with van der Waals surface area (Å²) in [4.78, 5) is 10.9. The van der Waals surface area contributed by atoms with Crippen molar-refractivity contribution in [1.82, 2.24) is 9.88 Å². The maximum Gasteiger partial charge on any atom is 0.0578 e. The fraction of sp³-hybridized carbons (Fsp3) is 0.524. The zero-order valence-electron chi connectivity index (χ0n) is 16.6. The maximum atomic E-state index is 5.57. The molecular weight excluding hydrogens is 344 g/mol. The van der Waals surface area contributed by atoms with Crippen LogP contribution >= 0.6 is 11.6 Å². The van der Waals surface area contributed by atoms with Crippen molar-refractivity contribution in [3.63, 3.8) is 0 Å². The molecule has 0 spiro atoms. The van der Waals surface area contributed by atoms with Crippen LogP contribution in [0.1, 0.15) is 50.8 Å². The number of hydrogen-bond acceptors (Lipinski definition) is 4. The fourth-order valence-corrected chi connectivity index (χ4v) is 2.60. The molecule has 4 nitrogen and oxygen atoms in total. The van der Waals surface area contributed by atoms with E-state index >= 15 is 0 Å². The Kier molecular flexibility index (Phi) is 14.8. The van der Waals surface area contributed by atoms with E-state index < -0.39 is 0 Å². The minimum Gasteiger partial charge on any atom is -0.330 e. The Hall–Kier alpha value is -1.49. The predicted octanol–water partition coefficient (Wildman–Crippen LogP) is 4.76. The van der Waals surface area contributed by atoms with E-state index in [1.54, 1.807) is 6.08 Å². The van der Waals surface area contributed by atoms with Crippen molar-refractivity contribution in [1.29, 1.82) is 0 Å². The van der Waals surface area contributed by atoms with Crippen LogP contribution in [0.25, 0.3) is 0 Å². The van der Waals surface area contributed by atoms with Gasteiger partial charge in [-0.15, -0.1) is 0 Å². The summed E-state index contributed by atoms with van der Waals surface area (Å²) >= 11 is 5.16. The first-order valence-corrected chi connectivity index (χ1v) is 9.60. The van der Waals surface area contributed by atoms with E-state index in [0.717, 1.165) is 51.1 Å². The lowest BCUT2D eigenvalue weighted by Crippen LogP contribution is -2.28. The van der Waals surface area contributed by atoms with Gasteiger partial charge >= 0.3 is 0 Å². The summed E-state index contributed by atoms with van der Waals surface area (Å²) in [5.41, 5.74) is 10.5. The van der Waals surface area contributed by atoms with Crippen molar-refractivity contribution in [3.05, 3.63) is 53.4 Å². The minimum absolute atomic E-state index is 0.502. The Morgan fingerprint density at radius 2 is 2.12 bits per heavy atom. The van der Waals surface area contributed by atoms with Gasteiger partial charge in [-0.2, -0.15) is 0 Å². The second kappa shape index (κ2) is 15.7. The number of rotatable bonds is 11. The molecule has 0 aromatic carbocycles. The van der Waals surface area contributed by atoms with Gasteiger partial charge in [-0.1, -0.05) is 43.7 Å². The van der Waals surface area contributed by atoms with Crippen LogP contribution < -0.4 is 5.73 Å². The molecule has 2 N–H and O–H groups in total. The van der Waals surface area contributed by atoms with Crippen molar-refractivity contribution in [2.75, 3.05) is 26.2 Å². The molecule has 1 heterocycles. The first kappa shape index (κ1) is 24.5. The van der Waals surface area contributed by atoms with Crippen LogP contribution in [0.2, 0.25) is 0 Å². The third-order valence-corrected chi connectivity index (χ3v) is 3.90. The molecule has 0 aliphatic carbocycles. The molecule has 1 rings (SSSR count). The predicted molar refractivity (Wildman–Crippen MR) is 116 cm³/mol. The van der Waals surface area contributed by atoms with Gasteiger partial charge in [-0.3, -0.25) is 14.9 Å². The van der Waals surface area contributed by atoms with E-state index in [1.807, 2.05) is 19.2 Å². The molecule has 0 aliphatic heterocycles. The normalized spacial score (nSPS) is 10.9. The van der Waals surface area contributed by atoms with Crippen LogP contribution in [-0.4, -0.2) is 42.8 Å². The monoisotopic (exact) mass is 378 g/mol. The quantitative estimate of drug-likeness (QED) is 0.343. The van der Waals surface area contributed by atoms with Crippen LogP contribution in [0.3, 0.4) is 0 Å². The Balaban J connectivity index is 0.000000896. The van der Waals surface area contributed by atoms with E-state index in [2.05, 4.69) is 48.1 Å². The Labute approximate surface area is 164 Å². The topological polar surface area (TPSA) is 54.5 Å². The summed E-state index contributed by atoms with van der Waals surface area (Å²) in [5.74, 6) is 0.502. The van der Waals surface area contributed by atoms with Gasteiger partial charge in [0.15, 0.2) is 0 Å². The van der Waals surface area contributed by atoms with E-state index in [4.69, 9.17) is 17.3 Å². The van der Waals surface area contributed by atoms with Gasteiger partial charge in [0.25, 0.3) is 0 Å². The third kappa shape index (κ3) is 12.0. The zero-order valence-corrected chi connectivity index (χ0v) is 17.4. The lowest BCUT2D eigenvalue weighted by molar-refractivity contribution is 0.264. The number of nitrogens with two attached hydrogens (primary N) is 1. The maximum absolute atomic E-state index is 5.57. The molecule has 0 radical (unpaired) electrons. The molecule has 26 heavy (non-hydrogen) atoms. The van der Waals surface area contributed by atoms with E-state index in [0.29, 0.717) is 5.92 Å². The van der Waals surface area contributed by atoms with Crippen molar-refractivity contribution in [2.24, 2.45) is 10.7 Å². The average molecular weight is 379 g/mol. The Bertz CT molecular complexity index is 541. The summed E-state index contributed by atoms with van der Waals surface area (Å²) in [6, 6.07) is 4.19. The molecule has 0 fully saturated rings. The Morgan fingerprint density at radius 1 is 1.38 bits per heavy atom. The third-order valence-electron chi connectivity index (χ3n) is 3.77. The minimum atomic E-state index is 0.502. The van der Waals surface area contributed by atoms with Gasteiger partial charge in [0.2, 0.25) is 0 Å². The number of aliphatic imine (C=N–C) groups is 1. The molecule has 0 saturated carbocycles. The standard InChI is InChI=1S/C16H28N4.C5H7Cl/c1-14(2)15-7-6-9-19-16(15)13-20(12-10-18-3)11-5-4-8-17;1-5(2)3-4-6/h6-7,9,14H,3-5,8,10-13,17H2,1-2H3;3-4H,1H2,2H3/b;4-3+. The molecule has 5 heteroatoms. The lowest BCUT2D eigenvalue weighted by atomic mass is 10.0. The molecular formula is C21H35ClN4. The van der Waals surface area contributed by atoms with Crippen molar-refractivity contribution < 1.29 is 0 Å². The van der Waals surface area contributed by atoms with Crippen LogP contribution in [-0.2, 0) is 6.54 Å². The molecule has 0 atom stereocenters. The van der Waals surface area contributed by atoms with Gasteiger partial charge in [0.05, 0.1) is 12.2 Å². The van der Waals surface area contributed by atoms with Gasteiger partial charge in [-0.05, 0) is 63.2 Å². The second-order valence-corrected chi connectivity index (χ2v) is 6.80. The van der Waals surface area contributed by atoms with E-state index in [-0.39, 0.29) is 0 Å². The first-order chi connectivity index (χ1) is 12.5. The van der Waals surface area contributed by atoms with Gasteiger partial charge < -0.3 is 5.73 Å². The first-order valence-electron chi connectivity index (χ1n) is 9.17. The smallest absolute Gasteiger partial charge is 0.0578 e. The van der Waals surface area contributed by atoms with Crippen LogP contribution in [0, 0.1) is 0 Å². The van der Waals surface area contributed by atoms with Crippen LogP contribution in [0.4, 0.5) is 0 Å². The van der Waals surface area contributed by atoms with Crippen molar-refractivity contribution >= 4 is 18.3 Å². The molecule has 146 valence electrons. The highest BCUT2D eigenvalue weighted by atomic mass is 35.5. The summed E-state index contributed by atoms with van der Waals surface area (Å²) in [7, 11) is 0. The largest absolute Gasteiger partial charge is 0.330 e. The number of pyridine rings is 1. The molecule has 0 aliphatic rings. The molecule has 0 saturated heterocycles. The summed E-state index contributed by atoms with van der Waals surface area (Å²) in [5, 5.41) is 0. The lowest BCUT2D eigenvalue weighted by Gasteiger charge is -2.23. The summed E-state index contributed by atoms with van der Waals surface area (Å²) in [6.07, 6.45) is 5.81. The van der Waals surface area contributed by atoms with Crippen molar-refractivity contribution in [3.8, 4) is 0 Å². The van der Waals surface area contributed by atoms with Crippen molar-refractivity contribution in [2.45, 2.75) is 46.1 Å². The van der Waals surface area contributed by atoms with Gasteiger partial charge in [0.1, 0.15) is 0 Å². The Morgan fingerprint density at radius 3 is 2.62 bits per heavy atom. The number of halogens is 1. The van der Waals surface area contributed by atoms with Crippen LogP contribution in [0.15, 0.2) is 47.1 Å². The SMILES string of the molecule is C=C(C)/C=C/Cl.C=NCCN(CCCCN)Cc1ncccc1C(C)C. The number of unbranched alkanes of at least 4 members (excludes halogenated alkanes) is 1. The molecule has 0 bridgehead atoms. The molecule has 0 amide bonds.